The summed E-state index contributed by atoms with van der Waals surface area (Å²) in [6.07, 6.45) is -1.17. The number of nitro benzene ring substituents is 1. The van der Waals surface area contributed by atoms with Crippen LogP contribution in [0.3, 0.4) is 0 Å². The van der Waals surface area contributed by atoms with Gasteiger partial charge in [0.1, 0.15) is 18.7 Å². The van der Waals surface area contributed by atoms with E-state index in [4.69, 9.17) is 9.47 Å². The van der Waals surface area contributed by atoms with Gasteiger partial charge in [-0.05, 0) is 39.9 Å². The molecule has 1 saturated heterocycles. The molecule has 0 saturated carbocycles. The number of tetrazole rings is 1. The number of rotatable bonds is 9. The minimum Gasteiger partial charge on any atom is -0.731 e. The number of carbonyl (C=O) groups is 3. The van der Waals surface area contributed by atoms with Crippen LogP contribution in [0.25, 0.3) is 0 Å². The number of hydrogen-bond acceptors (Lipinski definition) is 14. The van der Waals surface area contributed by atoms with Crippen LogP contribution < -0.4 is 34.9 Å². The summed E-state index contributed by atoms with van der Waals surface area (Å²) in [6, 6.07) is 1.83. The van der Waals surface area contributed by atoms with Crippen LogP contribution in [-0.2, 0) is 43.0 Å². The third-order valence-electron chi connectivity index (χ3n) is 4.49. The standard InChI is InChI=1S/C16H17N7O10S2.Na/c1-8(24)33-14(34-15-18-19-20-21(15)2)12-11(13(25)22(12)35(29,30)31)17-16(26)32-7-9-3-5-10(6-4-9)23(27)28;/h3-6,11-12,14H,7H2,1-2H3,(H,17,26)(H,29,30,31);/q;+1/p-1/t11-,12-,14?;/m1./s1. The molecular formula is C16H16N7NaO10S2. The van der Waals surface area contributed by atoms with Crippen LogP contribution in [0.5, 0.6) is 0 Å². The van der Waals surface area contributed by atoms with Crippen molar-refractivity contribution in [2.45, 2.75) is 36.2 Å². The van der Waals surface area contributed by atoms with Crippen molar-refractivity contribution in [2.75, 3.05) is 0 Å². The van der Waals surface area contributed by atoms with E-state index in [1.165, 1.54) is 36.0 Å². The zero-order valence-electron chi connectivity index (χ0n) is 18.8. The predicted octanol–water partition coefficient (Wildman–Crippen LogP) is -3.93. The Kier molecular flexibility index (Phi) is 9.74. The Morgan fingerprint density at radius 1 is 1.31 bits per heavy atom. The SMILES string of the molecule is CC(=O)OC(Sc1nnnn1C)[C@H]1[C@@H](NC(=O)OCc2ccc([N+](=O)[O-])cc2)C(=O)N1S(=O)(=O)[O-].[Na+]. The Bertz CT molecular complexity index is 1260. The summed E-state index contributed by atoms with van der Waals surface area (Å²) in [5.74, 6) is -2.15. The maximum Gasteiger partial charge on any atom is 1.00 e. The van der Waals surface area contributed by atoms with Crippen LogP contribution >= 0.6 is 11.8 Å². The fourth-order valence-electron chi connectivity index (χ4n) is 2.94. The number of aromatic nitrogens is 4. The van der Waals surface area contributed by atoms with Gasteiger partial charge in [-0.1, -0.05) is 0 Å². The molecular weight excluding hydrogens is 537 g/mol. The van der Waals surface area contributed by atoms with E-state index < -0.39 is 50.7 Å². The van der Waals surface area contributed by atoms with Crippen LogP contribution in [0.15, 0.2) is 29.4 Å². The van der Waals surface area contributed by atoms with E-state index in [2.05, 4.69) is 20.8 Å². The third-order valence-corrected chi connectivity index (χ3v) is 6.56. The van der Waals surface area contributed by atoms with Crippen molar-refractivity contribution in [3.63, 3.8) is 0 Å². The van der Waals surface area contributed by atoms with Crippen LogP contribution in [0.4, 0.5) is 10.5 Å². The van der Waals surface area contributed by atoms with Gasteiger partial charge in [0, 0.05) is 26.1 Å². The topological polar surface area (TPSA) is 229 Å². The average Bonchev–Trinajstić information content (AvgIpc) is 3.16. The first-order chi connectivity index (χ1) is 16.4. The van der Waals surface area contributed by atoms with Gasteiger partial charge in [-0.2, -0.15) is 0 Å². The summed E-state index contributed by atoms with van der Waals surface area (Å²) >= 11 is 0.640. The summed E-state index contributed by atoms with van der Waals surface area (Å²) < 4.78 is 46.2. The van der Waals surface area contributed by atoms with E-state index in [1.807, 2.05) is 0 Å². The minimum atomic E-state index is -5.35. The number of hydrogen-bond donors (Lipinski definition) is 1. The average molecular weight is 553 g/mol. The van der Waals surface area contributed by atoms with Gasteiger partial charge in [0.15, 0.2) is 15.7 Å². The van der Waals surface area contributed by atoms with Gasteiger partial charge >= 0.3 is 41.6 Å². The first-order valence-electron chi connectivity index (χ1n) is 9.40. The molecule has 0 aliphatic carbocycles. The molecule has 2 amide bonds. The Labute approximate surface area is 229 Å². The summed E-state index contributed by atoms with van der Waals surface area (Å²) in [7, 11) is -3.91. The molecule has 36 heavy (non-hydrogen) atoms. The molecule has 1 N–H and O–H groups in total. The number of nitrogens with zero attached hydrogens (tertiary/aromatic N) is 6. The van der Waals surface area contributed by atoms with Gasteiger partial charge in [0.05, 0.1) is 4.92 Å². The van der Waals surface area contributed by atoms with E-state index in [0.29, 0.717) is 17.3 Å². The number of esters is 1. The van der Waals surface area contributed by atoms with Crippen molar-refractivity contribution in [1.29, 1.82) is 0 Å². The number of ether oxygens (including phenoxy) is 2. The normalized spacial score (nSPS) is 17.9. The zero-order valence-corrected chi connectivity index (χ0v) is 22.5. The van der Waals surface area contributed by atoms with Crippen molar-refractivity contribution < 1.29 is 71.3 Å². The fraction of sp³-hybridized carbons (Fsp3) is 0.375. The van der Waals surface area contributed by atoms with Crippen LogP contribution in [-0.4, -0.2) is 77.9 Å². The molecule has 1 aromatic heterocycles. The third kappa shape index (κ3) is 6.89. The Balaban J connectivity index is 0.00000456. The second-order valence-electron chi connectivity index (χ2n) is 6.88. The molecule has 17 nitrogen and oxygen atoms in total. The Morgan fingerprint density at radius 3 is 2.44 bits per heavy atom. The summed E-state index contributed by atoms with van der Waals surface area (Å²) in [5, 5.41) is 23.5. The number of non-ortho nitro benzene ring substituents is 1. The molecule has 188 valence electrons. The summed E-state index contributed by atoms with van der Waals surface area (Å²) in [6.45, 7) is 0.672. The number of β-lactam (4-membered cyclic amide) rings is 1. The summed E-state index contributed by atoms with van der Waals surface area (Å²) in [5.41, 5.74) is -1.29. The molecule has 1 aromatic carbocycles. The van der Waals surface area contributed by atoms with E-state index >= 15 is 0 Å². The molecule has 1 aliphatic heterocycles. The number of benzene rings is 1. The van der Waals surface area contributed by atoms with E-state index in [0.717, 1.165) is 6.92 Å². The molecule has 1 fully saturated rings. The van der Waals surface area contributed by atoms with Crippen molar-refractivity contribution in [2.24, 2.45) is 7.05 Å². The van der Waals surface area contributed by atoms with Gasteiger partial charge in [-0.25, -0.2) is 22.2 Å². The monoisotopic (exact) mass is 553 g/mol. The van der Waals surface area contributed by atoms with Crippen molar-refractivity contribution in [3.05, 3.63) is 39.9 Å². The molecule has 3 atom stereocenters. The fourth-order valence-corrected chi connectivity index (χ4v) is 4.96. The molecule has 1 aliphatic rings. The number of thioether (sulfide) groups is 1. The maximum absolute atomic E-state index is 12.4. The van der Waals surface area contributed by atoms with Crippen molar-refractivity contribution in [1.82, 2.24) is 29.8 Å². The number of amides is 2. The Morgan fingerprint density at radius 2 is 1.94 bits per heavy atom. The van der Waals surface area contributed by atoms with Crippen LogP contribution in [0.1, 0.15) is 12.5 Å². The molecule has 0 radical (unpaired) electrons. The largest absolute Gasteiger partial charge is 1.00 e. The second kappa shape index (κ2) is 11.9. The number of aryl methyl sites for hydroxylation is 1. The number of nitrogens with one attached hydrogen (secondary N) is 1. The Hall–Kier alpha value is -2.84. The number of alkyl carbamates (subject to hydrolysis) is 1. The van der Waals surface area contributed by atoms with Gasteiger partial charge in [0.2, 0.25) is 5.16 Å². The van der Waals surface area contributed by atoms with Crippen LogP contribution in [0.2, 0.25) is 0 Å². The molecule has 20 heteroatoms. The van der Waals surface area contributed by atoms with Gasteiger partial charge in [-0.15, -0.1) is 5.10 Å². The van der Waals surface area contributed by atoms with E-state index in [9.17, 15) is 37.5 Å². The second-order valence-corrected chi connectivity index (χ2v) is 9.20. The van der Waals surface area contributed by atoms with Gasteiger partial charge < -0.3 is 19.3 Å². The molecule has 0 bridgehead atoms. The first-order valence-corrected chi connectivity index (χ1v) is 11.6. The predicted molar refractivity (Wildman–Crippen MR) is 111 cm³/mol. The molecule has 2 heterocycles. The first kappa shape index (κ1) is 29.4. The van der Waals surface area contributed by atoms with Crippen molar-refractivity contribution >= 4 is 45.7 Å². The molecule has 1 unspecified atom stereocenters. The van der Waals surface area contributed by atoms with Crippen LogP contribution in [0, 0.1) is 10.1 Å². The number of nitro groups is 1. The van der Waals surface area contributed by atoms with Gasteiger partial charge in [0.25, 0.3) is 11.6 Å². The van der Waals surface area contributed by atoms with E-state index in [-0.39, 0.29) is 51.3 Å². The quantitative estimate of drug-likeness (QED) is 0.0457. The van der Waals surface area contributed by atoms with Crippen molar-refractivity contribution in [3.8, 4) is 0 Å². The molecule has 0 spiro atoms. The van der Waals surface area contributed by atoms with E-state index in [1.54, 1.807) is 0 Å². The smallest absolute Gasteiger partial charge is 0.731 e. The maximum atomic E-state index is 12.4. The number of carbonyl (C=O) groups excluding carboxylic acids is 3. The summed E-state index contributed by atoms with van der Waals surface area (Å²) in [4.78, 5) is 46.4. The minimum absolute atomic E-state index is 0. The molecule has 2 aromatic rings. The zero-order chi connectivity index (χ0) is 25.9. The van der Waals surface area contributed by atoms with Gasteiger partial charge in [-0.3, -0.25) is 19.7 Å². The molecule has 3 rings (SSSR count).